The van der Waals surface area contributed by atoms with Crippen molar-refractivity contribution in [3.05, 3.63) is 47.2 Å². The molecule has 0 N–H and O–H groups in total. The van der Waals surface area contributed by atoms with Crippen LogP contribution in [0.5, 0.6) is 11.6 Å². The lowest BCUT2D eigenvalue weighted by Gasteiger charge is -2.13. The second-order valence-corrected chi connectivity index (χ2v) is 7.59. The van der Waals surface area contributed by atoms with E-state index >= 15 is 0 Å². The molecule has 0 saturated carbocycles. The summed E-state index contributed by atoms with van der Waals surface area (Å²) in [6, 6.07) is 5.90. The van der Waals surface area contributed by atoms with E-state index in [4.69, 9.17) is 9.47 Å². The highest BCUT2D eigenvalue weighted by Gasteiger charge is 2.39. The Morgan fingerprint density at radius 1 is 0.757 bits per heavy atom. The zero-order valence-corrected chi connectivity index (χ0v) is 19.0. The fourth-order valence-corrected chi connectivity index (χ4v) is 3.13. The molecular formula is C21H16F6N6O4. The van der Waals surface area contributed by atoms with Crippen molar-refractivity contribution in [3.63, 3.8) is 0 Å². The van der Waals surface area contributed by atoms with Gasteiger partial charge < -0.3 is 18.5 Å². The molecule has 3 heterocycles. The molecule has 0 spiro atoms. The second-order valence-electron chi connectivity index (χ2n) is 7.59. The van der Waals surface area contributed by atoms with Gasteiger partial charge in [0.1, 0.15) is 11.4 Å². The molecule has 196 valence electrons. The third-order valence-electron chi connectivity index (χ3n) is 4.71. The molecule has 1 aromatic carbocycles. The van der Waals surface area contributed by atoms with Crippen LogP contribution < -0.4 is 9.47 Å². The number of ether oxygens (including phenoxy) is 2. The molecular weight excluding hydrogens is 514 g/mol. The van der Waals surface area contributed by atoms with Gasteiger partial charge in [-0.2, -0.15) is 36.3 Å². The van der Waals surface area contributed by atoms with Crippen molar-refractivity contribution < 1.29 is 44.9 Å². The molecule has 3 aromatic heterocycles. The lowest BCUT2D eigenvalue weighted by atomic mass is 10.1. The zero-order valence-electron chi connectivity index (χ0n) is 19.0. The first kappa shape index (κ1) is 25.8. The van der Waals surface area contributed by atoms with Gasteiger partial charge in [0.15, 0.2) is 0 Å². The molecule has 0 saturated heterocycles. The highest BCUT2D eigenvalue weighted by Crippen LogP contribution is 2.32. The molecule has 0 aliphatic heterocycles. The van der Waals surface area contributed by atoms with Gasteiger partial charge in [-0.1, -0.05) is 10.3 Å². The molecule has 0 bridgehead atoms. The molecule has 4 aromatic rings. The fraction of sp³-hybridized carbons (Fsp3) is 0.333. The number of hydrogen-bond acceptors (Lipinski definition) is 10. The quantitative estimate of drug-likeness (QED) is 0.225. The standard InChI is InChI=1S/C21H16F6N6O4/c1-10-8-12(16-28-18(36-32-16)20(22,23)24)9-11(2)15(10)35-7-3-6-34-14-5-4-13(30-31-14)17-29-19(37-33-17)21(25,26)27/h4-5,8-9H,3,6-7H2,1-2H3. The van der Waals surface area contributed by atoms with Gasteiger partial charge in [-0.3, -0.25) is 0 Å². The van der Waals surface area contributed by atoms with Gasteiger partial charge in [0, 0.05) is 18.1 Å². The van der Waals surface area contributed by atoms with E-state index in [0.29, 0.717) is 28.9 Å². The number of rotatable bonds is 8. The largest absolute Gasteiger partial charge is 0.493 e. The molecule has 4 rings (SSSR count). The van der Waals surface area contributed by atoms with Crippen LogP contribution in [0.2, 0.25) is 0 Å². The fourth-order valence-electron chi connectivity index (χ4n) is 3.13. The van der Waals surface area contributed by atoms with E-state index in [9.17, 15) is 26.3 Å². The van der Waals surface area contributed by atoms with Gasteiger partial charge in [-0.15, -0.1) is 10.2 Å². The Bertz CT molecular complexity index is 1340. The topological polar surface area (TPSA) is 122 Å². The lowest BCUT2D eigenvalue weighted by Crippen LogP contribution is -2.08. The second kappa shape index (κ2) is 10.0. The first-order chi connectivity index (χ1) is 17.4. The first-order valence-electron chi connectivity index (χ1n) is 10.4. The van der Waals surface area contributed by atoms with Gasteiger partial charge in [0.25, 0.3) is 0 Å². The van der Waals surface area contributed by atoms with Gasteiger partial charge in [0.05, 0.1) is 13.2 Å². The molecule has 0 unspecified atom stereocenters. The van der Waals surface area contributed by atoms with Crippen LogP contribution in [0, 0.1) is 13.8 Å². The Balaban J connectivity index is 1.28. The van der Waals surface area contributed by atoms with E-state index in [-0.39, 0.29) is 36.4 Å². The predicted octanol–water partition coefficient (Wildman–Crippen LogP) is 5.08. The van der Waals surface area contributed by atoms with E-state index in [1.807, 2.05) is 0 Å². The summed E-state index contributed by atoms with van der Waals surface area (Å²) < 4.78 is 95.4. The maximum Gasteiger partial charge on any atom is 0.471 e. The first-order valence-corrected chi connectivity index (χ1v) is 10.4. The summed E-state index contributed by atoms with van der Waals surface area (Å²) in [5.41, 5.74) is 1.64. The summed E-state index contributed by atoms with van der Waals surface area (Å²) in [5.74, 6) is -2.80. The number of halogens is 6. The number of hydrogen-bond donors (Lipinski definition) is 0. The Morgan fingerprint density at radius 2 is 1.32 bits per heavy atom. The van der Waals surface area contributed by atoms with Crippen LogP contribution in [0.3, 0.4) is 0 Å². The van der Waals surface area contributed by atoms with Crippen molar-refractivity contribution >= 4 is 0 Å². The van der Waals surface area contributed by atoms with Gasteiger partial charge in [-0.25, -0.2) is 0 Å². The van der Waals surface area contributed by atoms with Crippen molar-refractivity contribution in [3.8, 4) is 34.5 Å². The average molecular weight is 530 g/mol. The van der Waals surface area contributed by atoms with Crippen LogP contribution in [0.1, 0.15) is 29.3 Å². The van der Waals surface area contributed by atoms with Crippen LogP contribution >= 0.6 is 0 Å². The molecule has 0 radical (unpaired) electrons. The van der Waals surface area contributed by atoms with Crippen LogP contribution in [0.25, 0.3) is 22.9 Å². The number of nitrogens with zero attached hydrogens (tertiary/aromatic N) is 6. The SMILES string of the molecule is Cc1cc(-c2noc(C(F)(F)F)n2)cc(C)c1OCCCOc1ccc(-c2noc(C(F)(F)F)n2)nn1. The van der Waals surface area contributed by atoms with Crippen molar-refractivity contribution in [2.75, 3.05) is 13.2 Å². The number of aryl methyl sites for hydroxylation is 2. The lowest BCUT2D eigenvalue weighted by molar-refractivity contribution is -0.160. The summed E-state index contributed by atoms with van der Waals surface area (Å²) in [6.07, 6.45) is -9.07. The summed E-state index contributed by atoms with van der Waals surface area (Å²) in [6.45, 7) is 3.89. The molecule has 37 heavy (non-hydrogen) atoms. The minimum atomic E-state index is -4.77. The average Bonchev–Trinajstić information content (AvgIpc) is 3.51. The van der Waals surface area contributed by atoms with Crippen LogP contribution in [-0.4, -0.2) is 43.7 Å². The van der Waals surface area contributed by atoms with Crippen LogP contribution in [-0.2, 0) is 12.4 Å². The van der Waals surface area contributed by atoms with E-state index < -0.39 is 24.1 Å². The Morgan fingerprint density at radius 3 is 1.86 bits per heavy atom. The Labute approximate surface area is 203 Å². The van der Waals surface area contributed by atoms with Crippen molar-refractivity contribution in [2.24, 2.45) is 0 Å². The Kier molecular flexibility index (Phi) is 7.00. The Hall–Kier alpha value is -4.24. The molecule has 16 heteroatoms. The summed E-state index contributed by atoms with van der Waals surface area (Å²) in [5, 5.41) is 14.1. The van der Waals surface area contributed by atoms with Crippen molar-refractivity contribution in [1.29, 1.82) is 0 Å². The van der Waals surface area contributed by atoms with E-state index in [0.717, 1.165) is 0 Å². The molecule has 0 aliphatic rings. The maximum atomic E-state index is 12.7. The van der Waals surface area contributed by atoms with E-state index in [1.165, 1.54) is 12.1 Å². The van der Waals surface area contributed by atoms with Gasteiger partial charge >= 0.3 is 24.1 Å². The maximum absolute atomic E-state index is 12.7. The monoisotopic (exact) mass is 530 g/mol. The molecule has 10 nitrogen and oxygen atoms in total. The molecule has 0 aliphatic carbocycles. The third-order valence-corrected chi connectivity index (χ3v) is 4.71. The van der Waals surface area contributed by atoms with Gasteiger partial charge in [-0.05, 0) is 43.2 Å². The van der Waals surface area contributed by atoms with E-state index in [1.54, 1.807) is 26.0 Å². The minimum absolute atomic E-state index is 0.0280. The van der Waals surface area contributed by atoms with E-state index in [2.05, 4.69) is 39.5 Å². The molecule has 0 atom stereocenters. The van der Waals surface area contributed by atoms with Gasteiger partial charge in [0.2, 0.25) is 17.5 Å². The number of benzene rings is 1. The smallest absolute Gasteiger partial charge is 0.471 e. The third kappa shape index (κ3) is 6.13. The summed E-state index contributed by atoms with van der Waals surface area (Å²) >= 11 is 0. The summed E-state index contributed by atoms with van der Waals surface area (Å²) in [4.78, 5) is 6.61. The van der Waals surface area contributed by atoms with Crippen molar-refractivity contribution in [1.82, 2.24) is 30.5 Å². The predicted molar refractivity (Wildman–Crippen MR) is 110 cm³/mol. The minimum Gasteiger partial charge on any atom is -0.493 e. The molecule has 0 amide bonds. The number of aromatic nitrogens is 6. The van der Waals surface area contributed by atoms with Crippen LogP contribution in [0.15, 0.2) is 33.3 Å². The summed E-state index contributed by atoms with van der Waals surface area (Å²) in [7, 11) is 0. The highest BCUT2D eigenvalue weighted by atomic mass is 19.4. The number of alkyl halides is 6. The van der Waals surface area contributed by atoms with Crippen LogP contribution in [0.4, 0.5) is 26.3 Å². The van der Waals surface area contributed by atoms with Crippen molar-refractivity contribution in [2.45, 2.75) is 32.6 Å². The zero-order chi connectivity index (χ0) is 26.8. The highest BCUT2D eigenvalue weighted by molar-refractivity contribution is 5.61. The normalized spacial score (nSPS) is 12.1. The molecule has 0 fully saturated rings.